The summed E-state index contributed by atoms with van der Waals surface area (Å²) in [6.45, 7) is 0. The molecule has 0 unspecified atom stereocenters. The van der Waals surface area contributed by atoms with E-state index in [1.165, 1.54) is 19.2 Å². The molecule has 1 fully saturated rings. The lowest BCUT2D eigenvalue weighted by Crippen LogP contribution is -2.30. The predicted octanol–water partition coefficient (Wildman–Crippen LogP) is 2.38. The quantitative estimate of drug-likeness (QED) is 0.740. The van der Waals surface area contributed by atoms with Crippen molar-refractivity contribution in [3.8, 4) is 6.07 Å². The maximum absolute atomic E-state index is 9.05. The highest BCUT2D eigenvalue weighted by Crippen LogP contribution is 2.29. The van der Waals surface area contributed by atoms with E-state index in [0.29, 0.717) is 17.4 Å². The molecule has 0 aromatic carbocycles. The minimum atomic E-state index is 0.234. The van der Waals surface area contributed by atoms with Gasteiger partial charge in [-0.2, -0.15) is 5.26 Å². The molecule has 0 saturated heterocycles. The third kappa shape index (κ3) is 1.96. The van der Waals surface area contributed by atoms with Crippen LogP contribution in [0.5, 0.6) is 0 Å². The number of halogens is 1. The maximum atomic E-state index is 9.05. The van der Waals surface area contributed by atoms with Crippen LogP contribution in [0.3, 0.4) is 0 Å². The molecular weight excluding hydrogens is 224 g/mol. The van der Waals surface area contributed by atoms with Gasteiger partial charge in [-0.05, 0) is 12.8 Å². The Bertz CT molecular complexity index is 420. The first-order chi connectivity index (χ1) is 7.74. The van der Waals surface area contributed by atoms with Crippen molar-refractivity contribution in [2.75, 3.05) is 11.9 Å². The predicted molar refractivity (Wildman–Crippen MR) is 62.4 cm³/mol. The lowest BCUT2D eigenvalue weighted by Gasteiger charge is -2.25. The van der Waals surface area contributed by atoms with Crippen molar-refractivity contribution in [2.45, 2.75) is 31.7 Å². The summed E-state index contributed by atoms with van der Waals surface area (Å²) in [7, 11) is 1.97. The van der Waals surface area contributed by atoms with Crippen molar-refractivity contribution in [1.82, 2.24) is 9.97 Å². The van der Waals surface area contributed by atoms with E-state index >= 15 is 0 Å². The van der Waals surface area contributed by atoms with Crippen molar-refractivity contribution in [1.29, 1.82) is 5.26 Å². The number of nitriles is 1. The SMILES string of the molecule is CN(c1ncnc(Cl)c1C#N)C1CCCC1. The summed E-state index contributed by atoms with van der Waals surface area (Å²) in [5.74, 6) is 0.648. The Hall–Kier alpha value is -1.34. The highest BCUT2D eigenvalue weighted by atomic mass is 35.5. The number of anilines is 1. The lowest BCUT2D eigenvalue weighted by molar-refractivity contribution is 0.645. The smallest absolute Gasteiger partial charge is 0.152 e. The van der Waals surface area contributed by atoms with Crippen molar-refractivity contribution < 1.29 is 0 Å². The Balaban J connectivity index is 2.32. The second kappa shape index (κ2) is 4.67. The van der Waals surface area contributed by atoms with Gasteiger partial charge in [0.1, 0.15) is 18.0 Å². The molecule has 0 radical (unpaired) electrons. The Labute approximate surface area is 99.9 Å². The summed E-state index contributed by atoms with van der Waals surface area (Å²) in [5, 5.41) is 9.28. The van der Waals surface area contributed by atoms with Crippen LogP contribution in [0, 0.1) is 11.3 Å². The minimum Gasteiger partial charge on any atom is -0.355 e. The summed E-state index contributed by atoms with van der Waals surface area (Å²) in [4.78, 5) is 10.0. The molecule has 16 heavy (non-hydrogen) atoms. The van der Waals surface area contributed by atoms with Gasteiger partial charge in [-0.25, -0.2) is 9.97 Å². The highest BCUT2D eigenvalue weighted by Gasteiger charge is 2.23. The Morgan fingerprint density at radius 2 is 2.12 bits per heavy atom. The molecule has 1 aliphatic rings. The molecule has 4 nitrogen and oxygen atoms in total. The van der Waals surface area contributed by atoms with Crippen molar-refractivity contribution in [2.24, 2.45) is 0 Å². The summed E-state index contributed by atoms with van der Waals surface area (Å²) in [6, 6.07) is 2.54. The van der Waals surface area contributed by atoms with E-state index in [1.54, 1.807) is 0 Å². The molecule has 1 aromatic heterocycles. The number of hydrogen-bond acceptors (Lipinski definition) is 4. The van der Waals surface area contributed by atoms with E-state index in [1.807, 2.05) is 7.05 Å². The molecule has 1 aromatic rings. The van der Waals surface area contributed by atoms with Crippen LogP contribution in [0.2, 0.25) is 5.15 Å². The molecule has 0 spiro atoms. The van der Waals surface area contributed by atoms with Crippen molar-refractivity contribution in [3.63, 3.8) is 0 Å². The van der Waals surface area contributed by atoms with Crippen LogP contribution in [0.25, 0.3) is 0 Å². The fraction of sp³-hybridized carbons (Fsp3) is 0.545. The molecule has 1 heterocycles. The molecular formula is C11H13ClN4. The van der Waals surface area contributed by atoms with Crippen LogP contribution in [-0.4, -0.2) is 23.1 Å². The molecule has 1 aliphatic carbocycles. The van der Waals surface area contributed by atoms with Crippen molar-refractivity contribution in [3.05, 3.63) is 17.0 Å². The second-order valence-corrected chi connectivity index (χ2v) is 4.38. The first-order valence-corrected chi connectivity index (χ1v) is 5.75. The van der Waals surface area contributed by atoms with E-state index in [2.05, 4.69) is 20.9 Å². The van der Waals surface area contributed by atoms with Gasteiger partial charge >= 0.3 is 0 Å². The summed E-state index contributed by atoms with van der Waals surface area (Å²) >= 11 is 5.88. The van der Waals surface area contributed by atoms with Crippen LogP contribution in [0.1, 0.15) is 31.2 Å². The lowest BCUT2D eigenvalue weighted by atomic mass is 10.2. The highest BCUT2D eigenvalue weighted by molar-refractivity contribution is 6.30. The Morgan fingerprint density at radius 3 is 2.75 bits per heavy atom. The summed E-state index contributed by atoms with van der Waals surface area (Å²) in [6.07, 6.45) is 6.21. The molecule has 84 valence electrons. The van der Waals surface area contributed by atoms with Gasteiger partial charge in [0.2, 0.25) is 0 Å². The van der Waals surface area contributed by atoms with Crippen LogP contribution in [0.4, 0.5) is 5.82 Å². The minimum absolute atomic E-state index is 0.234. The van der Waals surface area contributed by atoms with E-state index in [-0.39, 0.29) is 5.15 Å². The van der Waals surface area contributed by atoms with Gasteiger partial charge in [0.15, 0.2) is 11.0 Å². The standard InChI is InChI=1S/C11H13ClN4/c1-16(8-4-2-3-5-8)11-9(6-13)10(12)14-7-15-11/h7-8H,2-5H2,1H3. The van der Waals surface area contributed by atoms with Crippen LogP contribution in [-0.2, 0) is 0 Å². The molecule has 2 rings (SSSR count). The van der Waals surface area contributed by atoms with E-state index in [0.717, 1.165) is 12.8 Å². The van der Waals surface area contributed by atoms with Gasteiger partial charge in [0.25, 0.3) is 0 Å². The number of nitrogens with zero attached hydrogens (tertiary/aromatic N) is 4. The van der Waals surface area contributed by atoms with Crippen LogP contribution >= 0.6 is 11.6 Å². The first-order valence-electron chi connectivity index (χ1n) is 5.37. The monoisotopic (exact) mass is 236 g/mol. The Kier molecular flexibility index (Phi) is 3.25. The zero-order valence-electron chi connectivity index (χ0n) is 9.15. The third-order valence-electron chi connectivity index (χ3n) is 3.10. The zero-order valence-corrected chi connectivity index (χ0v) is 9.91. The fourth-order valence-electron chi connectivity index (χ4n) is 2.18. The van der Waals surface area contributed by atoms with Gasteiger partial charge in [-0.3, -0.25) is 0 Å². The molecule has 0 aliphatic heterocycles. The molecule has 0 bridgehead atoms. The van der Waals surface area contributed by atoms with E-state index in [4.69, 9.17) is 16.9 Å². The van der Waals surface area contributed by atoms with Gasteiger partial charge in [-0.15, -0.1) is 0 Å². The summed E-state index contributed by atoms with van der Waals surface area (Å²) in [5.41, 5.74) is 0.374. The number of hydrogen-bond donors (Lipinski definition) is 0. The molecule has 0 N–H and O–H groups in total. The van der Waals surface area contributed by atoms with Gasteiger partial charge < -0.3 is 4.90 Å². The zero-order chi connectivity index (χ0) is 11.5. The van der Waals surface area contributed by atoms with E-state index in [9.17, 15) is 0 Å². The molecule has 5 heteroatoms. The molecule has 0 amide bonds. The fourth-order valence-corrected chi connectivity index (χ4v) is 2.35. The summed E-state index contributed by atoms with van der Waals surface area (Å²) < 4.78 is 0. The maximum Gasteiger partial charge on any atom is 0.152 e. The number of aromatic nitrogens is 2. The van der Waals surface area contributed by atoms with Crippen molar-refractivity contribution >= 4 is 17.4 Å². The van der Waals surface area contributed by atoms with E-state index < -0.39 is 0 Å². The normalized spacial score (nSPS) is 16.1. The average Bonchev–Trinajstić information content (AvgIpc) is 2.81. The largest absolute Gasteiger partial charge is 0.355 e. The Morgan fingerprint density at radius 1 is 1.44 bits per heavy atom. The third-order valence-corrected chi connectivity index (χ3v) is 3.39. The molecule has 0 atom stereocenters. The van der Waals surface area contributed by atoms with Gasteiger partial charge in [-0.1, -0.05) is 24.4 Å². The molecule has 1 saturated carbocycles. The van der Waals surface area contributed by atoms with Crippen LogP contribution < -0.4 is 4.90 Å². The van der Waals surface area contributed by atoms with Crippen LogP contribution in [0.15, 0.2) is 6.33 Å². The van der Waals surface area contributed by atoms with Gasteiger partial charge in [0, 0.05) is 13.1 Å². The van der Waals surface area contributed by atoms with Gasteiger partial charge in [0.05, 0.1) is 0 Å². The topological polar surface area (TPSA) is 52.8 Å². The second-order valence-electron chi connectivity index (χ2n) is 4.02. The number of rotatable bonds is 2. The first kappa shape index (κ1) is 11.2. The average molecular weight is 237 g/mol.